The van der Waals surface area contributed by atoms with Gasteiger partial charge in [-0.15, -0.1) is 0 Å². The highest BCUT2D eigenvalue weighted by atomic mass is 16.6. The predicted octanol–water partition coefficient (Wildman–Crippen LogP) is 4.51. The van der Waals surface area contributed by atoms with Crippen LogP contribution in [0.25, 0.3) is 49.2 Å². The number of allylic oxidation sites excluding steroid dienone is 1. The number of hydrogen-bond donors (Lipinski definition) is 5. The number of aliphatic hydroxyl groups excluding tert-OH is 2. The average molecular weight is 816 g/mol. The Morgan fingerprint density at radius 2 is 1.41 bits per heavy atom. The lowest BCUT2D eigenvalue weighted by Crippen LogP contribution is -2.17. The minimum Gasteiger partial charge on any atom is -0.507 e. The Morgan fingerprint density at radius 3 is 2.03 bits per heavy atom. The van der Waals surface area contributed by atoms with Gasteiger partial charge in [-0.2, -0.15) is 0 Å². The first-order chi connectivity index (χ1) is 28.4. The quantitative estimate of drug-likeness (QED) is 0.0281. The second kappa shape index (κ2) is 18.6. The van der Waals surface area contributed by atoms with Crippen LogP contribution in [0.15, 0.2) is 27.3 Å². The molecule has 1 aliphatic rings. The van der Waals surface area contributed by atoms with Crippen molar-refractivity contribution in [2.75, 3.05) is 65.7 Å². The number of benzene rings is 5. The fourth-order valence-corrected chi connectivity index (χ4v) is 8.53. The number of rotatable bonds is 22. The molecule has 0 aliphatic heterocycles. The van der Waals surface area contributed by atoms with Gasteiger partial charge in [-0.25, -0.2) is 0 Å². The molecule has 0 aromatic heterocycles. The van der Waals surface area contributed by atoms with E-state index in [-0.39, 0.29) is 104 Å². The van der Waals surface area contributed by atoms with Crippen LogP contribution in [-0.4, -0.2) is 98.6 Å². The van der Waals surface area contributed by atoms with Gasteiger partial charge in [0.1, 0.15) is 23.9 Å². The van der Waals surface area contributed by atoms with E-state index in [4.69, 9.17) is 23.7 Å². The number of Topliss-reactive ketones (excluding diaryl/α,β-unsaturated/α-hetero) is 1. The van der Waals surface area contributed by atoms with Gasteiger partial charge in [0.2, 0.25) is 0 Å². The minimum absolute atomic E-state index is 0.0213. The van der Waals surface area contributed by atoms with Gasteiger partial charge in [0.25, 0.3) is 0 Å². The lowest BCUT2D eigenvalue weighted by atomic mass is 9.78. The third kappa shape index (κ3) is 8.13. The van der Waals surface area contributed by atoms with Gasteiger partial charge in [0.15, 0.2) is 10.9 Å². The minimum atomic E-state index is -0.995. The lowest BCUT2D eigenvalue weighted by molar-refractivity contribution is -0.146. The molecule has 0 fully saturated rings. The summed E-state index contributed by atoms with van der Waals surface area (Å²) in [6.07, 6.45) is 2.53. The SMILES string of the molecule is COCCOCCC(=O)OCCOCCCc1c(O)c2c(=O)cc(CO)c3c4c(CO)cc(=O)c5c(NCCCC(=O)O)c(OC)c6c(c(c1C=C(C)C6C(C)=O)c23)c54. The van der Waals surface area contributed by atoms with E-state index in [1.54, 1.807) is 20.1 Å². The Kier molecular flexibility index (Phi) is 13.6. The maximum absolute atomic E-state index is 14.3. The highest BCUT2D eigenvalue weighted by molar-refractivity contribution is 6.39. The molecular formula is C44H49NO14. The zero-order valence-corrected chi connectivity index (χ0v) is 33.6. The number of carboxylic acid groups (broad SMARTS) is 1. The summed E-state index contributed by atoms with van der Waals surface area (Å²) >= 11 is 0. The second-order valence-electron chi connectivity index (χ2n) is 14.6. The fourth-order valence-electron chi connectivity index (χ4n) is 8.53. The Hall–Kier alpha value is -5.45. The van der Waals surface area contributed by atoms with Crippen LogP contribution < -0.4 is 20.9 Å². The van der Waals surface area contributed by atoms with Gasteiger partial charge < -0.3 is 49.4 Å². The predicted molar refractivity (Wildman–Crippen MR) is 221 cm³/mol. The Bertz CT molecular complexity index is 2560. The number of phenols is 1. The molecule has 0 bridgehead atoms. The summed E-state index contributed by atoms with van der Waals surface area (Å²) in [6, 6.07) is 2.53. The van der Waals surface area contributed by atoms with Gasteiger partial charge in [-0.05, 0) is 83.5 Å². The number of anilines is 1. The number of aliphatic hydroxyl groups is 2. The monoisotopic (exact) mass is 815 g/mol. The molecule has 15 heteroatoms. The van der Waals surface area contributed by atoms with Crippen molar-refractivity contribution in [3.8, 4) is 11.5 Å². The average Bonchev–Trinajstić information content (AvgIpc) is 3.33. The van der Waals surface area contributed by atoms with Crippen LogP contribution in [0, 0.1) is 0 Å². The van der Waals surface area contributed by atoms with Crippen LogP contribution in [0.5, 0.6) is 11.5 Å². The number of esters is 1. The summed E-state index contributed by atoms with van der Waals surface area (Å²) in [6.45, 7) is 3.54. The molecule has 0 heterocycles. The number of methoxy groups -OCH3 is 2. The maximum Gasteiger partial charge on any atom is 0.308 e. The number of aliphatic carboxylic acids is 1. The van der Waals surface area contributed by atoms with Crippen LogP contribution in [0.1, 0.15) is 73.3 Å². The first-order valence-electron chi connectivity index (χ1n) is 19.5. The molecule has 0 saturated heterocycles. The Labute approximate surface area is 338 Å². The van der Waals surface area contributed by atoms with Crippen molar-refractivity contribution in [2.45, 2.75) is 65.1 Å². The van der Waals surface area contributed by atoms with Crippen LogP contribution in [0.2, 0.25) is 0 Å². The standard InChI is InChI=1S/C44H49NO14/c1-22-17-27-26(7-6-11-57-15-16-59-31(53)9-12-58-14-13-55-3)43(54)37-29(50)19-25(21-47)33-34-24(20-46)18-28(49)36-39(34)40(35(27)38(33)37)41(32(22)23(2)48)44(56-4)42(36)45-10-5-8-30(51)52/h17-19,32,45-47,54H,5-16,20-21H2,1-4H3,(H,51,52). The molecule has 1 unspecified atom stereocenters. The first-order valence-corrected chi connectivity index (χ1v) is 19.5. The van der Waals surface area contributed by atoms with Crippen LogP contribution in [0.4, 0.5) is 5.69 Å². The molecular weight excluding hydrogens is 766 g/mol. The van der Waals surface area contributed by atoms with Crippen molar-refractivity contribution in [1.82, 2.24) is 0 Å². The smallest absolute Gasteiger partial charge is 0.308 e. The van der Waals surface area contributed by atoms with E-state index >= 15 is 0 Å². The van der Waals surface area contributed by atoms with E-state index in [0.29, 0.717) is 74.2 Å². The van der Waals surface area contributed by atoms with Crippen molar-refractivity contribution in [1.29, 1.82) is 0 Å². The zero-order valence-electron chi connectivity index (χ0n) is 33.6. The molecule has 5 aromatic rings. The number of carboxylic acids is 1. The number of ketones is 1. The number of ether oxygens (including phenoxy) is 5. The topological polar surface area (TPSA) is 224 Å². The largest absolute Gasteiger partial charge is 0.507 e. The maximum atomic E-state index is 14.3. The summed E-state index contributed by atoms with van der Waals surface area (Å²) in [5, 5.41) is 48.7. The van der Waals surface area contributed by atoms with Gasteiger partial charge in [0.05, 0.1) is 75.5 Å². The van der Waals surface area contributed by atoms with Gasteiger partial charge >= 0.3 is 11.9 Å². The van der Waals surface area contributed by atoms with Gasteiger partial charge in [-0.3, -0.25) is 24.0 Å². The first kappa shape index (κ1) is 43.1. The molecule has 15 nitrogen and oxygen atoms in total. The van der Waals surface area contributed by atoms with E-state index in [0.717, 1.165) is 0 Å². The Morgan fingerprint density at radius 1 is 0.763 bits per heavy atom. The summed E-state index contributed by atoms with van der Waals surface area (Å²) < 4.78 is 27.3. The summed E-state index contributed by atoms with van der Waals surface area (Å²) in [5.41, 5.74) is 1.53. The van der Waals surface area contributed by atoms with Gasteiger partial charge in [0, 0.05) is 48.6 Å². The fraction of sp³-hybridized carbons (Fsp3) is 0.432. The Balaban J connectivity index is 1.55. The van der Waals surface area contributed by atoms with E-state index in [1.807, 2.05) is 0 Å². The summed E-state index contributed by atoms with van der Waals surface area (Å²) in [4.78, 5) is 65.6. The van der Waals surface area contributed by atoms with Crippen LogP contribution >= 0.6 is 0 Å². The lowest BCUT2D eigenvalue weighted by Gasteiger charge is -2.27. The number of phenolic OH excluding ortho intramolecular Hbond substituents is 1. The molecule has 6 rings (SSSR count). The molecule has 314 valence electrons. The highest BCUT2D eigenvalue weighted by Crippen LogP contribution is 2.56. The zero-order chi connectivity index (χ0) is 42.5. The van der Waals surface area contributed by atoms with Crippen molar-refractivity contribution < 1.29 is 58.5 Å². The molecule has 1 aliphatic carbocycles. The molecule has 0 radical (unpaired) electrons. The molecule has 1 atom stereocenters. The number of nitrogens with one attached hydrogen (secondary N) is 1. The molecule has 5 aromatic carbocycles. The molecule has 5 N–H and O–H groups in total. The number of hydrogen-bond acceptors (Lipinski definition) is 14. The normalized spacial score (nSPS) is 13.8. The number of fused-ring (bicyclic) bond motifs is 1. The molecule has 0 amide bonds. The van der Waals surface area contributed by atoms with Crippen molar-refractivity contribution >= 4 is 72.6 Å². The summed E-state index contributed by atoms with van der Waals surface area (Å²) in [5.74, 6) is -2.71. The molecule has 0 saturated carbocycles. The highest BCUT2D eigenvalue weighted by Gasteiger charge is 2.36. The molecule has 59 heavy (non-hydrogen) atoms. The third-order valence-corrected chi connectivity index (χ3v) is 10.9. The third-order valence-electron chi connectivity index (χ3n) is 10.9. The van der Waals surface area contributed by atoms with Crippen LogP contribution in [0.3, 0.4) is 0 Å². The number of carbonyl (C=O) groups excluding carboxylic acids is 2. The van der Waals surface area contributed by atoms with E-state index in [1.165, 1.54) is 26.2 Å². The number of aromatic hydroxyl groups is 1. The van der Waals surface area contributed by atoms with Crippen molar-refractivity contribution in [3.63, 3.8) is 0 Å². The summed E-state index contributed by atoms with van der Waals surface area (Å²) in [7, 11) is 2.97. The molecule has 0 spiro atoms. The van der Waals surface area contributed by atoms with E-state index in [2.05, 4.69) is 5.32 Å². The van der Waals surface area contributed by atoms with Gasteiger partial charge in [-0.1, -0.05) is 11.6 Å². The van der Waals surface area contributed by atoms with E-state index in [9.17, 15) is 44.4 Å². The van der Waals surface area contributed by atoms with Crippen molar-refractivity contribution in [3.05, 3.63) is 66.0 Å². The number of carbonyl (C=O) groups is 3. The van der Waals surface area contributed by atoms with Crippen molar-refractivity contribution in [2.24, 2.45) is 0 Å². The van der Waals surface area contributed by atoms with E-state index < -0.39 is 41.9 Å². The second-order valence-corrected chi connectivity index (χ2v) is 14.6. The van der Waals surface area contributed by atoms with Crippen LogP contribution in [-0.2, 0) is 53.0 Å².